The zero-order chi connectivity index (χ0) is 22.2. The molecule has 1 fully saturated rings. The van der Waals surface area contributed by atoms with Crippen molar-refractivity contribution in [1.29, 1.82) is 0 Å². The van der Waals surface area contributed by atoms with Crippen LogP contribution in [-0.4, -0.2) is 57.5 Å². The molecular formula is C23H32ClIN4O3. The summed E-state index contributed by atoms with van der Waals surface area (Å²) < 4.78 is 10.7. The molecule has 7 nitrogen and oxygen atoms in total. The molecule has 2 atom stereocenters. The van der Waals surface area contributed by atoms with Gasteiger partial charge in [0.2, 0.25) is 0 Å². The summed E-state index contributed by atoms with van der Waals surface area (Å²) in [7, 11) is 3.29. The number of ether oxygens (including phenoxy) is 2. The van der Waals surface area contributed by atoms with Crippen LogP contribution >= 0.6 is 35.6 Å². The van der Waals surface area contributed by atoms with Crippen molar-refractivity contribution in [3.63, 3.8) is 0 Å². The number of aliphatic hydroxyl groups is 1. The molecule has 2 aromatic rings. The molecule has 0 spiro atoms. The Labute approximate surface area is 212 Å². The van der Waals surface area contributed by atoms with E-state index >= 15 is 0 Å². The van der Waals surface area contributed by atoms with E-state index in [1.54, 1.807) is 14.2 Å². The number of aliphatic imine (C=N–C) groups is 1. The lowest BCUT2D eigenvalue weighted by atomic mass is 10.1. The van der Waals surface area contributed by atoms with Crippen LogP contribution in [0.2, 0.25) is 5.02 Å². The first-order chi connectivity index (χ1) is 15.0. The summed E-state index contributed by atoms with van der Waals surface area (Å²) in [6.45, 7) is 4.72. The number of benzene rings is 2. The van der Waals surface area contributed by atoms with Crippen LogP contribution in [0.3, 0.4) is 0 Å². The van der Waals surface area contributed by atoms with Crippen LogP contribution < -0.4 is 25.0 Å². The Morgan fingerprint density at radius 3 is 2.62 bits per heavy atom. The molecule has 9 heteroatoms. The first kappa shape index (κ1) is 26.3. The van der Waals surface area contributed by atoms with Gasteiger partial charge in [0.25, 0.3) is 0 Å². The maximum atomic E-state index is 10.5. The Kier molecular flexibility index (Phi) is 10.7. The molecule has 0 amide bonds. The Morgan fingerprint density at radius 2 is 1.97 bits per heavy atom. The first-order valence-electron chi connectivity index (χ1n) is 10.5. The molecule has 0 saturated carbocycles. The van der Waals surface area contributed by atoms with Crippen molar-refractivity contribution in [1.82, 2.24) is 10.6 Å². The van der Waals surface area contributed by atoms with Gasteiger partial charge in [-0.15, -0.1) is 24.0 Å². The van der Waals surface area contributed by atoms with Crippen LogP contribution in [-0.2, 0) is 0 Å². The van der Waals surface area contributed by atoms with Crippen molar-refractivity contribution in [2.75, 3.05) is 45.3 Å². The largest absolute Gasteiger partial charge is 0.497 e. The highest BCUT2D eigenvalue weighted by Gasteiger charge is 2.25. The van der Waals surface area contributed by atoms with E-state index in [2.05, 4.69) is 20.5 Å². The van der Waals surface area contributed by atoms with Crippen molar-refractivity contribution >= 4 is 47.2 Å². The third-order valence-corrected chi connectivity index (χ3v) is 5.51. The minimum absolute atomic E-state index is 0. The number of hydrogen-bond acceptors (Lipinski definition) is 5. The molecule has 176 valence electrons. The maximum Gasteiger partial charge on any atom is 0.191 e. The van der Waals surface area contributed by atoms with Crippen molar-refractivity contribution in [2.45, 2.75) is 25.5 Å². The summed E-state index contributed by atoms with van der Waals surface area (Å²) in [5.41, 5.74) is 1.80. The maximum absolute atomic E-state index is 10.5. The number of hydrogen-bond donors (Lipinski definition) is 3. The highest BCUT2D eigenvalue weighted by atomic mass is 127. The second-order valence-electron chi connectivity index (χ2n) is 7.40. The molecule has 1 saturated heterocycles. The normalized spacial score (nSPS) is 16.8. The predicted octanol–water partition coefficient (Wildman–Crippen LogP) is 3.84. The van der Waals surface area contributed by atoms with Gasteiger partial charge in [0.05, 0.1) is 32.6 Å². The molecule has 0 bridgehead atoms. The fraction of sp³-hybridized carbons (Fsp3) is 0.435. The average molecular weight is 575 g/mol. The third-order valence-electron chi connectivity index (χ3n) is 5.28. The van der Waals surface area contributed by atoms with Crippen LogP contribution in [0.25, 0.3) is 0 Å². The van der Waals surface area contributed by atoms with E-state index in [0.29, 0.717) is 11.0 Å². The number of methoxy groups -OCH3 is 2. The average Bonchev–Trinajstić information content (AvgIpc) is 3.25. The number of guanidine groups is 1. The summed E-state index contributed by atoms with van der Waals surface area (Å²) >= 11 is 6.19. The molecular weight excluding hydrogens is 543 g/mol. The number of halogens is 2. The van der Waals surface area contributed by atoms with E-state index in [0.717, 1.165) is 48.8 Å². The van der Waals surface area contributed by atoms with Gasteiger partial charge in [-0.25, -0.2) is 0 Å². The zero-order valence-electron chi connectivity index (χ0n) is 18.7. The smallest absolute Gasteiger partial charge is 0.191 e. The number of rotatable bonds is 8. The van der Waals surface area contributed by atoms with E-state index in [9.17, 15) is 5.11 Å². The van der Waals surface area contributed by atoms with Crippen LogP contribution in [0.5, 0.6) is 11.5 Å². The van der Waals surface area contributed by atoms with E-state index in [1.807, 2.05) is 49.4 Å². The molecule has 32 heavy (non-hydrogen) atoms. The van der Waals surface area contributed by atoms with E-state index in [1.165, 1.54) is 0 Å². The molecule has 3 rings (SSSR count). The second-order valence-corrected chi connectivity index (χ2v) is 7.84. The summed E-state index contributed by atoms with van der Waals surface area (Å²) in [6.07, 6.45) is 0.276. The summed E-state index contributed by atoms with van der Waals surface area (Å²) in [5.74, 6) is 2.27. The lowest BCUT2D eigenvalue weighted by Crippen LogP contribution is -2.44. The minimum Gasteiger partial charge on any atom is -0.497 e. The van der Waals surface area contributed by atoms with Crippen LogP contribution in [0.15, 0.2) is 47.5 Å². The van der Waals surface area contributed by atoms with Crippen LogP contribution in [0.4, 0.5) is 5.69 Å². The lowest BCUT2D eigenvalue weighted by molar-refractivity contribution is 0.187. The SMILES string of the molecule is CCNC(=NCC(O)c1ccc(OC)cc1)NC1CCN(c2cc(Cl)ccc2OC)C1.I. The molecule has 0 radical (unpaired) electrons. The van der Waals surface area contributed by atoms with Crippen molar-refractivity contribution in [2.24, 2.45) is 4.99 Å². The first-order valence-corrected chi connectivity index (χ1v) is 10.9. The summed E-state index contributed by atoms with van der Waals surface area (Å²) in [6, 6.07) is 13.3. The molecule has 1 heterocycles. The fourth-order valence-electron chi connectivity index (χ4n) is 3.63. The quantitative estimate of drug-likeness (QED) is 0.253. The number of aliphatic hydroxyl groups excluding tert-OH is 1. The number of nitrogens with zero attached hydrogens (tertiary/aromatic N) is 2. The van der Waals surface area contributed by atoms with Gasteiger partial charge in [-0.1, -0.05) is 23.7 Å². The zero-order valence-corrected chi connectivity index (χ0v) is 21.8. The second kappa shape index (κ2) is 13.0. The van der Waals surface area contributed by atoms with Gasteiger partial charge < -0.3 is 30.1 Å². The Bertz CT molecular complexity index is 882. The van der Waals surface area contributed by atoms with E-state index < -0.39 is 6.10 Å². The van der Waals surface area contributed by atoms with E-state index in [4.69, 9.17) is 21.1 Å². The molecule has 0 aliphatic carbocycles. The number of anilines is 1. The summed E-state index contributed by atoms with van der Waals surface area (Å²) in [5, 5.41) is 17.9. The topological polar surface area (TPSA) is 78.4 Å². The molecule has 2 aromatic carbocycles. The molecule has 1 aliphatic heterocycles. The van der Waals surface area contributed by atoms with Gasteiger partial charge in [-0.05, 0) is 49.2 Å². The molecule has 1 aliphatic rings. The van der Waals surface area contributed by atoms with Gasteiger partial charge in [0.1, 0.15) is 11.5 Å². The van der Waals surface area contributed by atoms with Gasteiger partial charge in [0, 0.05) is 30.7 Å². The minimum atomic E-state index is -0.683. The van der Waals surface area contributed by atoms with Gasteiger partial charge >= 0.3 is 0 Å². The highest BCUT2D eigenvalue weighted by molar-refractivity contribution is 14.0. The standard InChI is InChI=1S/C23H31ClN4O3.HI/c1-4-25-23(26-14-21(29)16-5-8-19(30-2)9-6-16)27-18-11-12-28(15-18)20-13-17(24)7-10-22(20)31-3;/h5-10,13,18,21,29H,4,11-12,14-15H2,1-3H3,(H2,25,26,27);1H. The Hall–Kier alpha value is -1.91. The van der Waals surface area contributed by atoms with Crippen LogP contribution in [0, 0.1) is 0 Å². The van der Waals surface area contributed by atoms with Gasteiger partial charge in [-0.3, -0.25) is 4.99 Å². The summed E-state index contributed by atoms with van der Waals surface area (Å²) in [4.78, 5) is 6.85. The predicted molar refractivity (Wildman–Crippen MR) is 141 cm³/mol. The van der Waals surface area contributed by atoms with Gasteiger partial charge in [-0.2, -0.15) is 0 Å². The third kappa shape index (κ3) is 7.05. The van der Waals surface area contributed by atoms with Crippen molar-refractivity contribution in [3.8, 4) is 11.5 Å². The molecule has 2 unspecified atom stereocenters. The van der Waals surface area contributed by atoms with Gasteiger partial charge in [0.15, 0.2) is 5.96 Å². The number of nitrogens with one attached hydrogen (secondary N) is 2. The molecule has 3 N–H and O–H groups in total. The van der Waals surface area contributed by atoms with Crippen molar-refractivity contribution in [3.05, 3.63) is 53.1 Å². The molecule has 0 aromatic heterocycles. The van der Waals surface area contributed by atoms with Crippen molar-refractivity contribution < 1.29 is 14.6 Å². The monoisotopic (exact) mass is 574 g/mol. The fourth-order valence-corrected chi connectivity index (χ4v) is 3.80. The Morgan fingerprint density at radius 1 is 1.22 bits per heavy atom. The highest BCUT2D eigenvalue weighted by Crippen LogP contribution is 2.33. The Balaban J connectivity index is 0.00000363. The van der Waals surface area contributed by atoms with Crippen LogP contribution in [0.1, 0.15) is 25.0 Å². The lowest BCUT2D eigenvalue weighted by Gasteiger charge is -2.22. The van der Waals surface area contributed by atoms with E-state index in [-0.39, 0.29) is 36.6 Å².